The molecular formula is C15H16F4O2. The van der Waals surface area contributed by atoms with Crippen LogP contribution in [0.2, 0.25) is 0 Å². The summed E-state index contributed by atoms with van der Waals surface area (Å²) in [6.45, 7) is 5.36. The fourth-order valence-corrected chi connectivity index (χ4v) is 2.81. The van der Waals surface area contributed by atoms with Crippen LogP contribution in [0.3, 0.4) is 0 Å². The molecule has 2 nitrogen and oxygen atoms in total. The van der Waals surface area contributed by atoms with E-state index in [1.165, 1.54) is 0 Å². The summed E-state index contributed by atoms with van der Waals surface area (Å²) in [5.41, 5.74) is -1.55. The molecule has 1 aromatic carbocycles. The van der Waals surface area contributed by atoms with Gasteiger partial charge in [0.2, 0.25) is 0 Å². The molecule has 21 heavy (non-hydrogen) atoms. The Kier molecular flexibility index (Phi) is 4.10. The van der Waals surface area contributed by atoms with Crippen molar-refractivity contribution < 1.29 is 27.1 Å². The second-order valence-corrected chi connectivity index (χ2v) is 5.49. The van der Waals surface area contributed by atoms with Crippen LogP contribution in [-0.4, -0.2) is 18.0 Å². The van der Waals surface area contributed by atoms with Crippen LogP contribution in [0, 0.1) is 17.7 Å². The molecule has 0 bridgehead atoms. The van der Waals surface area contributed by atoms with Crippen molar-refractivity contribution in [2.75, 3.05) is 0 Å². The first-order valence-electron chi connectivity index (χ1n) is 6.69. The van der Waals surface area contributed by atoms with E-state index < -0.39 is 29.3 Å². The quantitative estimate of drug-likeness (QED) is 0.608. The molecule has 0 aliphatic carbocycles. The van der Waals surface area contributed by atoms with Gasteiger partial charge in [-0.25, -0.2) is 4.39 Å². The van der Waals surface area contributed by atoms with Gasteiger partial charge >= 0.3 is 6.18 Å². The minimum Gasteiger partial charge on any atom is -0.374 e. The average Bonchev–Trinajstić information content (AvgIpc) is 2.61. The molecule has 0 spiro atoms. The lowest BCUT2D eigenvalue weighted by Crippen LogP contribution is -2.27. The van der Waals surface area contributed by atoms with Crippen LogP contribution in [-0.2, 0) is 10.9 Å². The van der Waals surface area contributed by atoms with Crippen LogP contribution in [0.15, 0.2) is 18.2 Å². The Bertz CT molecular complexity index is 553. The first kappa shape index (κ1) is 15.9. The van der Waals surface area contributed by atoms with E-state index in [0.29, 0.717) is 12.1 Å². The highest BCUT2D eigenvalue weighted by molar-refractivity contribution is 5.98. The molecule has 2 rings (SSSR count). The third kappa shape index (κ3) is 2.95. The summed E-state index contributed by atoms with van der Waals surface area (Å²) in [4.78, 5) is 12.4. The molecule has 0 amide bonds. The molecule has 0 aromatic heterocycles. The molecule has 116 valence electrons. The number of ether oxygens (including phenoxy) is 1. The Balaban J connectivity index is 2.37. The third-order valence-electron chi connectivity index (χ3n) is 4.10. The highest BCUT2D eigenvalue weighted by atomic mass is 19.4. The van der Waals surface area contributed by atoms with Gasteiger partial charge in [-0.2, -0.15) is 13.2 Å². The fraction of sp³-hybridized carbons (Fsp3) is 0.533. The van der Waals surface area contributed by atoms with Crippen molar-refractivity contribution in [2.24, 2.45) is 11.8 Å². The van der Waals surface area contributed by atoms with Gasteiger partial charge in [0, 0.05) is 5.56 Å². The summed E-state index contributed by atoms with van der Waals surface area (Å²) in [6.07, 6.45) is -5.34. The zero-order valence-corrected chi connectivity index (χ0v) is 11.9. The van der Waals surface area contributed by atoms with Crippen molar-refractivity contribution in [3.05, 3.63) is 35.1 Å². The van der Waals surface area contributed by atoms with E-state index in [9.17, 15) is 22.4 Å². The summed E-state index contributed by atoms with van der Waals surface area (Å²) < 4.78 is 56.9. The fourth-order valence-electron chi connectivity index (χ4n) is 2.81. The molecule has 1 saturated heterocycles. The lowest BCUT2D eigenvalue weighted by Gasteiger charge is -2.18. The number of ketones is 1. The second-order valence-electron chi connectivity index (χ2n) is 5.49. The highest BCUT2D eigenvalue weighted by Gasteiger charge is 2.42. The van der Waals surface area contributed by atoms with Gasteiger partial charge < -0.3 is 4.74 Å². The van der Waals surface area contributed by atoms with Crippen LogP contribution in [0.1, 0.15) is 36.7 Å². The van der Waals surface area contributed by atoms with E-state index >= 15 is 0 Å². The average molecular weight is 304 g/mol. The number of Topliss-reactive ketones (excluding diaryl/α,β-unsaturated/α-hetero) is 1. The van der Waals surface area contributed by atoms with E-state index in [1.807, 2.05) is 13.8 Å². The molecule has 1 fully saturated rings. The Morgan fingerprint density at radius 2 is 1.76 bits per heavy atom. The minimum atomic E-state index is -4.82. The van der Waals surface area contributed by atoms with Gasteiger partial charge in [-0.05, 0) is 38.0 Å². The van der Waals surface area contributed by atoms with Crippen molar-refractivity contribution >= 4 is 5.78 Å². The predicted octanol–water partition coefficient (Wildman–Crippen LogP) is 4.09. The van der Waals surface area contributed by atoms with Crippen LogP contribution >= 0.6 is 0 Å². The number of hydrogen-bond donors (Lipinski definition) is 0. The maximum Gasteiger partial charge on any atom is 0.419 e. The summed E-state index contributed by atoms with van der Waals surface area (Å²) in [6, 6.07) is 2.36. The maximum atomic E-state index is 13.3. The lowest BCUT2D eigenvalue weighted by atomic mass is 9.83. The Hall–Kier alpha value is -1.43. The normalized spacial score (nSPS) is 29.7. The first-order chi connectivity index (χ1) is 9.62. The maximum absolute atomic E-state index is 13.3. The molecule has 1 aliphatic heterocycles. The number of benzene rings is 1. The molecule has 4 atom stereocenters. The van der Waals surface area contributed by atoms with Gasteiger partial charge in [0.1, 0.15) is 5.82 Å². The number of rotatable bonds is 2. The molecule has 0 N–H and O–H groups in total. The molecule has 1 aromatic rings. The van der Waals surface area contributed by atoms with E-state index in [0.717, 1.165) is 6.07 Å². The van der Waals surface area contributed by atoms with Crippen molar-refractivity contribution in [1.82, 2.24) is 0 Å². The first-order valence-corrected chi connectivity index (χ1v) is 6.69. The topological polar surface area (TPSA) is 26.3 Å². The number of hydrogen-bond acceptors (Lipinski definition) is 2. The molecule has 0 saturated carbocycles. The summed E-state index contributed by atoms with van der Waals surface area (Å²) in [5, 5.41) is 0. The Morgan fingerprint density at radius 1 is 1.14 bits per heavy atom. The van der Waals surface area contributed by atoms with Crippen molar-refractivity contribution in [3.63, 3.8) is 0 Å². The Morgan fingerprint density at radius 3 is 2.24 bits per heavy atom. The van der Waals surface area contributed by atoms with E-state index in [1.54, 1.807) is 6.92 Å². The number of alkyl halides is 3. The van der Waals surface area contributed by atoms with Gasteiger partial charge in [0.15, 0.2) is 5.78 Å². The van der Waals surface area contributed by atoms with E-state index in [4.69, 9.17) is 4.74 Å². The van der Waals surface area contributed by atoms with Crippen LogP contribution in [0.25, 0.3) is 0 Å². The Labute approximate surface area is 120 Å². The second kappa shape index (κ2) is 5.40. The third-order valence-corrected chi connectivity index (χ3v) is 4.10. The van der Waals surface area contributed by atoms with Gasteiger partial charge in [0.25, 0.3) is 0 Å². The van der Waals surface area contributed by atoms with Crippen molar-refractivity contribution in [1.29, 1.82) is 0 Å². The lowest BCUT2D eigenvalue weighted by molar-refractivity contribution is -0.140. The predicted molar refractivity (Wildman–Crippen MR) is 68.4 cm³/mol. The SMILES string of the molecule is CC1OC(C)C(C(=O)c2ccc(F)c(C(F)(F)F)c2)C1C. The monoisotopic (exact) mass is 304 g/mol. The molecule has 0 radical (unpaired) electrons. The number of carbonyl (C=O) groups excluding carboxylic acids is 1. The van der Waals surface area contributed by atoms with Crippen molar-refractivity contribution in [3.8, 4) is 0 Å². The van der Waals surface area contributed by atoms with E-state index in [2.05, 4.69) is 0 Å². The van der Waals surface area contributed by atoms with Gasteiger partial charge in [0.05, 0.1) is 23.7 Å². The number of carbonyl (C=O) groups is 1. The zero-order valence-electron chi connectivity index (χ0n) is 11.9. The molecule has 6 heteroatoms. The smallest absolute Gasteiger partial charge is 0.374 e. The van der Waals surface area contributed by atoms with Gasteiger partial charge in [-0.15, -0.1) is 0 Å². The minimum absolute atomic E-state index is 0.105. The van der Waals surface area contributed by atoms with Gasteiger partial charge in [-0.3, -0.25) is 4.79 Å². The summed E-state index contributed by atoms with van der Waals surface area (Å²) in [5.74, 6) is -2.44. The summed E-state index contributed by atoms with van der Waals surface area (Å²) >= 11 is 0. The molecular weight excluding hydrogens is 288 g/mol. The van der Waals surface area contributed by atoms with Crippen molar-refractivity contribution in [2.45, 2.75) is 39.2 Å². The van der Waals surface area contributed by atoms with Crippen LogP contribution in [0.4, 0.5) is 17.6 Å². The molecule has 1 aliphatic rings. The largest absolute Gasteiger partial charge is 0.419 e. The molecule has 1 heterocycles. The van der Waals surface area contributed by atoms with Crippen LogP contribution < -0.4 is 0 Å². The molecule has 4 unspecified atom stereocenters. The zero-order chi connectivity index (χ0) is 15.9. The van der Waals surface area contributed by atoms with E-state index in [-0.39, 0.29) is 23.7 Å². The highest BCUT2D eigenvalue weighted by Crippen LogP contribution is 2.36. The van der Waals surface area contributed by atoms with Gasteiger partial charge in [-0.1, -0.05) is 6.92 Å². The standard InChI is InChI=1S/C15H16F4O2/c1-7-8(2)21-9(3)13(7)14(20)10-4-5-12(16)11(6-10)15(17,18)19/h4-9,13H,1-3H3. The number of halogens is 4. The van der Waals surface area contributed by atoms with Crippen LogP contribution in [0.5, 0.6) is 0 Å². The summed E-state index contributed by atoms with van der Waals surface area (Å²) in [7, 11) is 0.